The molecule has 0 N–H and O–H groups in total. The molecule has 0 spiro atoms. The highest BCUT2D eigenvalue weighted by atomic mass is 79.9. The van der Waals surface area contributed by atoms with Crippen molar-refractivity contribution in [1.82, 2.24) is 4.98 Å². The van der Waals surface area contributed by atoms with E-state index < -0.39 is 5.97 Å². The van der Waals surface area contributed by atoms with E-state index in [0.717, 1.165) is 10.0 Å². The Morgan fingerprint density at radius 1 is 1.25 bits per heavy atom. The number of allylic oxidation sites excluding steroid dienone is 1. The number of ether oxygens (including phenoxy) is 4. The van der Waals surface area contributed by atoms with Gasteiger partial charge in [0.25, 0.3) is 0 Å². The number of halogens is 1. The number of pyridine rings is 1. The average molecular weight is 494 g/mol. The Balaban J connectivity index is 1.46. The van der Waals surface area contributed by atoms with Crippen molar-refractivity contribution in [3.05, 3.63) is 86.8 Å². The molecule has 3 heterocycles. The standard InChI is InChI=1S/C24H16BrNO6/c1-13-5-18(31-24(28)14-3-2-4-26-10-14)9-19-21(13)22(27)20(32-19)8-15-6-17(25)7-16-11-29-12-30-23(15)16/h2-10H,11-12H2,1H3/b20-8-. The maximum absolute atomic E-state index is 13.0. The lowest BCUT2D eigenvalue weighted by Crippen LogP contribution is -2.12. The van der Waals surface area contributed by atoms with Crippen LogP contribution in [0.5, 0.6) is 17.2 Å². The van der Waals surface area contributed by atoms with Crippen LogP contribution in [0.25, 0.3) is 6.08 Å². The van der Waals surface area contributed by atoms with E-state index in [1.165, 1.54) is 12.3 Å². The number of aryl methyl sites for hydroxylation is 1. The van der Waals surface area contributed by atoms with Crippen LogP contribution >= 0.6 is 15.9 Å². The molecule has 0 atom stereocenters. The van der Waals surface area contributed by atoms with Crippen LogP contribution in [0.3, 0.4) is 0 Å². The van der Waals surface area contributed by atoms with Gasteiger partial charge in [0.15, 0.2) is 12.6 Å². The molecule has 32 heavy (non-hydrogen) atoms. The molecule has 0 amide bonds. The van der Waals surface area contributed by atoms with Crippen LogP contribution in [0.2, 0.25) is 0 Å². The van der Waals surface area contributed by atoms with E-state index in [9.17, 15) is 9.59 Å². The van der Waals surface area contributed by atoms with Gasteiger partial charge in [0.1, 0.15) is 17.2 Å². The number of hydrogen-bond acceptors (Lipinski definition) is 7. The molecule has 0 saturated carbocycles. The molecule has 0 saturated heterocycles. The number of hydrogen-bond donors (Lipinski definition) is 0. The van der Waals surface area contributed by atoms with Crippen LogP contribution in [0.15, 0.2) is 59.0 Å². The number of esters is 1. The average Bonchev–Trinajstić information content (AvgIpc) is 3.09. The summed E-state index contributed by atoms with van der Waals surface area (Å²) in [4.78, 5) is 29.3. The largest absolute Gasteiger partial charge is 0.467 e. The minimum atomic E-state index is -0.544. The predicted octanol–water partition coefficient (Wildman–Crippen LogP) is 4.85. The van der Waals surface area contributed by atoms with Gasteiger partial charge in [0, 0.05) is 34.1 Å². The molecule has 0 radical (unpaired) electrons. The zero-order valence-corrected chi connectivity index (χ0v) is 18.5. The van der Waals surface area contributed by atoms with Crippen molar-refractivity contribution < 1.29 is 28.5 Å². The fraction of sp³-hybridized carbons (Fsp3) is 0.125. The van der Waals surface area contributed by atoms with Crippen molar-refractivity contribution in [3.63, 3.8) is 0 Å². The molecule has 2 aliphatic rings. The first-order valence-corrected chi connectivity index (χ1v) is 10.5. The zero-order valence-electron chi connectivity index (χ0n) is 16.9. The van der Waals surface area contributed by atoms with Crippen molar-refractivity contribution in [1.29, 1.82) is 0 Å². The minimum Gasteiger partial charge on any atom is -0.467 e. The van der Waals surface area contributed by atoms with Gasteiger partial charge in [-0.2, -0.15) is 0 Å². The van der Waals surface area contributed by atoms with Crippen molar-refractivity contribution in [2.75, 3.05) is 6.79 Å². The van der Waals surface area contributed by atoms with Gasteiger partial charge < -0.3 is 18.9 Å². The second-order valence-corrected chi connectivity index (χ2v) is 8.19. The number of carbonyl (C=O) groups excluding carboxylic acids is 2. The van der Waals surface area contributed by atoms with Crippen molar-refractivity contribution in [2.45, 2.75) is 13.5 Å². The summed E-state index contributed by atoms with van der Waals surface area (Å²) in [6, 6.07) is 10.2. The summed E-state index contributed by atoms with van der Waals surface area (Å²) < 4.78 is 23.1. The molecule has 0 unspecified atom stereocenters. The highest BCUT2D eigenvalue weighted by Gasteiger charge is 2.31. The monoisotopic (exact) mass is 493 g/mol. The van der Waals surface area contributed by atoms with Gasteiger partial charge in [-0.15, -0.1) is 0 Å². The number of rotatable bonds is 3. The second-order valence-electron chi connectivity index (χ2n) is 7.28. The molecule has 1 aromatic heterocycles. The normalized spacial score (nSPS) is 15.6. The molecule has 5 rings (SSSR count). The van der Waals surface area contributed by atoms with Crippen LogP contribution in [0.1, 0.15) is 37.4 Å². The summed E-state index contributed by atoms with van der Waals surface area (Å²) in [5, 5.41) is 0. The number of nitrogens with zero attached hydrogens (tertiary/aromatic N) is 1. The third-order valence-electron chi connectivity index (χ3n) is 5.04. The molecular weight excluding hydrogens is 478 g/mol. The summed E-state index contributed by atoms with van der Waals surface area (Å²) in [6.07, 6.45) is 4.65. The Morgan fingerprint density at radius 3 is 2.94 bits per heavy atom. The van der Waals surface area contributed by atoms with E-state index in [1.54, 1.807) is 37.4 Å². The van der Waals surface area contributed by atoms with E-state index in [2.05, 4.69) is 20.9 Å². The third-order valence-corrected chi connectivity index (χ3v) is 5.50. The van der Waals surface area contributed by atoms with E-state index >= 15 is 0 Å². The van der Waals surface area contributed by atoms with Gasteiger partial charge in [0.2, 0.25) is 5.78 Å². The lowest BCUT2D eigenvalue weighted by molar-refractivity contribution is -0.0165. The summed E-state index contributed by atoms with van der Waals surface area (Å²) >= 11 is 3.48. The van der Waals surface area contributed by atoms with Crippen molar-refractivity contribution >= 4 is 33.8 Å². The zero-order chi connectivity index (χ0) is 22.2. The molecule has 8 heteroatoms. The highest BCUT2D eigenvalue weighted by molar-refractivity contribution is 9.10. The molecule has 2 aliphatic heterocycles. The summed E-state index contributed by atoms with van der Waals surface area (Å²) in [7, 11) is 0. The third kappa shape index (κ3) is 3.79. The number of fused-ring (bicyclic) bond motifs is 2. The number of Topliss-reactive ketones (excluding diaryl/α,β-unsaturated/α-hetero) is 1. The van der Waals surface area contributed by atoms with Gasteiger partial charge in [-0.25, -0.2) is 4.79 Å². The molecule has 160 valence electrons. The fourth-order valence-corrected chi connectivity index (χ4v) is 4.17. The van der Waals surface area contributed by atoms with Gasteiger partial charge in [-0.1, -0.05) is 15.9 Å². The highest BCUT2D eigenvalue weighted by Crippen LogP contribution is 2.39. The first-order chi connectivity index (χ1) is 15.5. The van der Waals surface area contributed by atoms with Crippen molar-refractivity contribution in [3.8, 4) is 17.2 Å². The number of carbonyl (C=O) groups is 2. The molecular formula is C24H16BrNO6. The Kier molecular flexibility index (Phi) is 5.24. The van der Waals surface area contributed by atoms with E-state index in [1.807, 2.05) is 12.1 Å². The van der Waals surface area contributed by atoms with Crippen LogP contribution < -0.4 is 14.2 Å². The Morgan fingerprint density at radius 2 is 2.12 bits per heavy atom. The van der Waals surface area contributed by atoms with Gasteiger partial charge in [-0.3, -0.25) is 9.78 Å². The Hall–Kier alpha value is -3.49. The molecule has 7 nitrogen and oxygen atoms in total. The first kappa shape index (κ1) is 20.4. The maximum Gasteiger partial charge on any atom is 0.345 e. The van der Waals surface area contributed by atoms with Gasteiger partial charge in [-0.05, 0) is 48.9 Å². The van der Waals surface area contributed by atoms with Crippen LogP contribution in [0.4, 0.5) is 0 Å². The predicted molar refractivity (Wildman–Crippen MR) is 118 cm³/mol. The molecule has 0 aliphatic carbocycles. The van der Waals surface area contributed by atoms with Gasteiger partial charge >= 0.3 is 5.97 Å². The number of benzene rings is 2. The topological polar surface area (TPSA) is 84.0 Å². The Bertz CT molecular complexity index is 1290. The summed E-state index contributed by atoms with van der Waals surface area (Å²) in [5.41, 5.74) is 2.99. The van der Waals surface area contributed by atoms with E-state index in [-0.39, 0.29) is 24.1 Å². The van der Waals surface area contributed by atoms with E-state index in [0.29, 0.717) is 40.4 Å². The second kappa shape index (κ2) is 8.22. The molecule has 3 aromatic rings. The molecule has 2 aromatic carbocycles. The SMILES string of the molecule is Cc1cc(OC(=O)c2cccnc2)cc2c1C(=O)/C(=C/c1cc(Br)cc3c1OCOC3)O2. The lowest BCUT2D eigenvalue weighted by Gasteiger charge is -2.20. The summed E-state index contributed by atoms with van der Waals surface area (Å²) in [6.45, 7) is 2.33. The van der Waals surface area contributed by atoms with Crippen molar-refractivity contribution in [2.24, 2.45) is 0 Å². The molecule has 0 fully saturated rings. The first-order valence-electron chi connectivity index (χ1n) is 9.73. The molecule has 0 bridgehead atoms. The number of aromatic nitrogens is 1. The smallest absolute Gasteiger partial charge is 0.345 e. The van der Waals surface area contributed by atoms with Gasteiger partial charge in [0.05, 0.1) is 17.7 Å². The lowest BCUT2D eigenvalue weighted by atomic mass is 10.0. The quantitative estimate of drug-likeness (QED) is 0.292. The van der Waals surface area contributed by atoms with E-state index in [4.69, 9.17) is 18.9 Å². The van der Waals surface area contributed by atoms with Crippen LogP contribution in [-0.2, 0) is 11.3 Å². The maximum atomic E-state index is 13.0. The summed E-state index contributed by atoms with van der Waals surface area (Å²) in [5.74, 6) is 0.644. The number of ketones is 1. The van der Waals surface area contributed by atoms with Crippen LogP contribution in [0, 0.1) is 6.92 Å². The minimum absolute atomic E-state index is 0.143. The fourth-order valence-electron chi connectivity index (χ4n) is 3.64. The van der Waals surface area contributed by atoms with Crippen LogP contribution in [-0.4, -0.2) is 23.5 Å². The Labute approximate surface area is 191 Å².